The van der Waals surface area contributed by atoms with Crippen LogP contribution >= 0.6 is 0 Å². The number of aromatic amines is 1. The first-order valence-corrected chi connectivity index (χ1v) is 11.7. The Kier molecular flexibility index (Phi) is 5.47. The molecule has 8 heteroatoms. The van der Waals surface area contributed by atoms with Crippen molar-refractivity contribution < 1.29 is 13.5 Å². The molecular formula is C27H25FN4O3. The molecule has 1 saturated heterocycles. The number of benzene rings is 2. The number of aromatic nitrogens is 2. The summed E-state index contributed by atoms with van der Waals surface area (Å²) in [5.41, 5.74) is 1.93. The van der Waals surface area contributed by atoms with Crippen LogP contribution in [0.25, 0.3) is 32.6 Å². The molecule has 0 bridgehead atoms. The van der Waals surface area contributed by atoms with E-state index in [4.69, 9.17) is 9.15 Å². The fourth-order valence-corrected chi connectivity index (χ4v) is 5.10. The monoisotopic (exact) mass is 472 g/mol. The molecule has 2 N–H and O–H groups in total. The van der Waals surface area contributed by atoms with Crippen molar-refractivity contribution in [3.8, 4) is 0 Å². The number of fused-ring (bicyclic) bond motifs is 4. The van der Waals surface area contributed by atoms with E-state index >= 15 is 0 Å². The number of halogens is 1. The van der Waals surface area contributed by atoms with Gasteiger partial charge in [-0.3, -0.25) is 0 Å². The molecule has 4 heterocycles. The predicted molar refractivity (Wildman–Crippen MR) is 134 cm³/mol. The molecule has 1 aliphatic heterocycles. The van der Waals surface area contributed by atoms with Gasteiger partial charge in [-0.15, -0.1) is 0 Å². The fourth-order valence-electron chi connectivity index (χ4n) is 5.10. The molecular weight excluding hydrogens is 447 g/mol. The number of pyridine rings is 1. The number of ether oxygens (including phenoxy) is 1. The van der Waals surface area contributed by atoms with Gasteiger partial charge in [0, 0.05) is 55.4 Å². The normalized spacial score (nSPS) is 18.6. The summed E-state index contributed by atoms with van der Waals surface area (Å²) in [4.78, 5) is 22.5. The van der Waals surface area contributed by atoms with Crippen molar-refractivity contribution in [2.45, 2.75) is 25.1 Å². The van der Waals surface area contributed by atoms with Crippen LogP contribution in [0, 0.1) is 5.82 Å². The van der Waals surface area contributed by atoms with Gasteiger partial charge >= 0.3 is 5.63 Å². The SMILES string of the molecule is COC1CN(c2nccc3ccc(F)cc23)CCC1NCc1cc2c(=O)oc3ccccc3c2[nH]1. The third-order valence-electron chi connectivity index (χ3n) is 6.88. The summed E-state index contributed by atoms with van der Waals surface area (Å²) >= 11 is 0. The molecule has 5 aromatic rings. The van der Waals surface area contributed by atoms with E-state index in [1.807, 2.05) is 30.3 Å². The number of hydrogen-bond acceptors (Lipinski definition) is 6. The summed E-state index contributed by atoms with van der Waals surface area (Å²) in [6.07, 6.45) is 2.51. The Morgan fingerprint density at radius 2 is 2.06 bits per heavy atom. The van der Waals surface area contributed by atoms with Crippen molar-refractivity contribution in [1.82, 2.24) is 15.3 Å². The van der Waals surface area contributed by atoms with Crippen molar-refractivity contribution in [3.63, 3.8) is 0 Å². The maximum atomic E-state index is 13.9. The molecule has 35 heavy (non-hydrogen) atoms. The van der Waals surface area contributed by atoms with Crippen LogP contribution in [-0.4, -0.2) is 42.3 Å². The van der Waals surface area contributed by atoms with Gasteiger partial charge in [0.05, 0.1) is 17.0 Å². The first kappa shape index (κ1) is 21.8. The first-order chi connectivity index (χ1) is 17.1. The van der Waals surface area contributed by atoms with E-state index in [1.54, 1.807) is 31.5 Å². The van der Waals surface area contributed by atoms with Crippen molar-refractivity contribution in [2.24, 2.45) is 0 Å². The minimum Gasteiger partial charge on any atom is -0.422 e. The van der Waals surface area contributed by atoms with Gasteiger partial charge in [0.25, 0.3) is 0 Å². The van der Waals surface area contributed by atoms with Gasteiger partial charge in [0.2, 0.25) is 0 Å². The Labute approximate surface area is 200 Å². The van der Waals surface area contributed by atoms with E-state index in [9.17, 15) is 9.18 Å². The lowest BCUT2D eigenvalue weighted by atomic mass is 10.0. The zero-order valence-corrected chi connectivity index (χ0v) is 19.3. The maximum Gasteiger partial charge on any atom is 0.345 e. The zero-order chi connectivity index (χ0) is 23.9. The molecule has 0 radical (unpaired) electrons. The summed E-state index contributed by atoms with van der Waals surface area (Å²) in [7, 11) is 1.71. The van der Waals surface area contributed by atoms with Crippen molar-refractivity contribution in [2.75, 3.05) is 25.1 Å². The van der Waals surface area contributed by atoms with E-state index in [0.29, 0.717) is 24.1 Å². The first-order valence-electron chi connectivity index (χ1n) is 11.7. The zero-order valence-electron chi connectivity index (χ0n) is 19.3. The van der Waals surface area contributed by atoms with Crippen LogP contribution in [0.4, 0.5) is 10.2 Å². The Balaban J connectivity index is 1.21. The molecule has 3 aromatic heterocycles. The van der Waals surface area contributed by atoms with E-state index in [1.165, 1.54) is 6.07 Å². The maximum absolute atomic E-state index is 13.9. The van der Waals surface area contributed by atoms with Crippen LogP contribution in [0.1, 0.15) is 12.1 Å². The molecule has 178 valence electrons. The van der Waals surface area contributed by atoms with Crippen molar-refractivity contribution in [3.05, 3.63) is 82.7 Å². The molecule has 2 unspecified atom stereocenters. The largest absolute Gasteiger partial charge is 0.422 e. The quantitative estimate of drug-likeness (QED) is 0.370. The number of piperidine rings is 1. The van der Waals surface area contributed by atoms with Crippen LogP contribution in [0.15, 0.2) is 70.0 Å². The van der Waals surface area contributed by atoms with E-state index in [-0.39, 0.29) is 23.6 Å². The second kappa shape index (κ2) is 8.79. The lowest BCUT2D eigenvalue weighted by Crippen LogP contribution is -2.53. The molecule has 2 atom stereocenters. The second-order valence-electron chi connectivity index (χ2n) is 8.97. The average molecular weight is 473 g/mol. The van der Waals surface area contributed by atoms with Crippen LogP contribution in [0.2, 0.25) is 0 Å². The van der Waals surface area contributed by atoms with Crippen LogP contribution < -0.4 is 15.8 Å². The summed E-state index contributed by atoms with van der Waals surface area (Å²) in [6.45, 7) is 1.96. The fraction of sp³-hybridized carbons (Fsp3) is 0.259. The van der Waals surface area contributed by atoms with Gasteiger partial charge in [-0.1, -0.05) is 18.2 Å². The summed E-state index contributed by atoms with van der Waals surface area (Å²) in [5.74, 6) is 0.503. The number of methoxy groups -OCH3 is 1. The minimum atomic E-state index is -0.344. The Morgan fingerprint density at radius 3 is 2.94 bits per heavy atom. The average Bonchev–Trinajstić information content (AvgIpc) is 3.32. The molecule has 7 nitrogen and oxygen atoms in total. The highest BCUT2D eigenvalue weighted by Gasteiger charge is 2.30. The number of rotatable bonds is 5. The molecule has 1 aliphatic rings. The lowest BCUT2D eigenvalue weighted by Gasteiger charge is -2.39. The molecule has 0 amide bonds. The number of para-hydroxylation sites is 1. The summed E-state index contributed by atoms with van der Waals surface area (Å²) in [5, 5.41) is 6.79. The lowest BCUT2D eigenvalue weighted by molar-refractivity contribution is 0.0593. The Morgan fingerprint density at radius 1 is 1.17 bits per heavy atom. The van der Waals surface area contributed by atoms with Gasteiger partial charge < -0.3 is 24.4 Å². The molecule has 6 rings (SSSR count). The van der Waals surface area contributed by atoms with Gasteiger partial charge in [0.1, 0.15) is 17.2 Å². The molecule has 2 aromatic carbocycles. The smallest absolute Gasteiger partial charge is 0.345 e. The van der Waals surface area contributed by atoms with Crippen LogP contribution in [-0.2, 0) is 11.3 Å². The number of nitrogens with one attached hydrogen (secondary N) is 2. The standard InChI is InChI=1S/C27H25FN4O3/c1-34-24-15-32(26-20-12-17(28)7-6-16(20)8-10-29-26)11-9-22(24)30-14-18-13-21-25(31-18)19-4-2-3-5-23(19)35-27(21)33/h2-8,10,12-13,22,24,30-31H,9,11,14-15H2,1H3. The number of nitrogens with zero attached hydrogens (tertiary/aromatic N) is 2. The highest BCUT2D eigenvalue weighted by atomic mass is 19.1. The third-order valence-corrected chi connectivity index (χ3v) is 6.88. The number of anilines is 1. The Bertz CT molecular complexity index is 1590. The second-order valence-corrected chi connectivity index (χ2v) is 8.97. The van der Waals surface area contributed by atoms with Gasteiger partial charge in [-0.05, 0) is 48.2 Å². The van der Waals surface area contributed by atoms with Gasteiger partial charge in [-0.25, -0.2) is 14.2 Å². The van der Waals surface area contributed by atoms with Gasteiger partial charge in [-0.2, -0.15) is 0 Å². The molecule has 1 fully saturated rings. The van der Waals surface area contributed by atoms with Crippen LogP contribution in [0.3, 0.4) is 0 Å². The van der Waals surface area contributed by atoms with Gasteiger partial charge in [0.15, 0.2) is 0 Å². The highest BCUT2D eigenvalue weighted by molar-refractivity contribution is 6.02. The number of H-pyrrole nitrogens is 1. The molecule has 0 aliphatic carbocycles. The topological polar surface area (TPSA) is 83.4 Å². The number of hydrogen-bond donors (Lipinski definition) is 2. The summed E-state index contributed by atoms with van der Waals surface area (Å²) < 4.78 is 25.2. The van der Waals surface area contributed by atoms with E-state index < -0.39 is 0 Å². The van der Waals surface area contributed by atoms with Crippen molar-refractivity contribution in [1.29, 1.82) is 0 Å². The van der Waals surface area contributed by atoms with E-state index in [2.05, 4.69) is 20.2 Å². The van der Waals surface area contributed by atoms with Crippen molar-refractivity contribution >= 4 is 38.5 Å². The molecule has 0 saturated carbocycles. The minimum absolute atomic E-state index is 0.0790. The van der Waals surface area contributed by atoms with E-state index in [0.717, 1.165) is 46.2 Å². The predicted octanol–water partition coefficient (Wildman–Crippen LogP) is 4.35. The molecule has 0 spiro atoms. The Hall–Kier alpha value is -3.75. The van der Waals surface area contributed by atoms with Crippen LogP contribution in [0.5, 0.6) is 0 Å². The highest BCUT2D eigenvalue weighted by Crippen LogP contribution is 2.28. The third kappa shape index (κ3) is 3.94. The summed E-state index contributed by atoms with van der Waals surface area (Å²) in [6, 6.07) is 16.2.